The highest BCUT2D eigenvalue weighted by molar-refractivity contribution is 8.17. The van der Waals surface area contributed by atoms with Crippen LogP contribution in [0.5, 0.6) is 0 Å². The minimum absolute atomic E-state index is 0.181. The Kier molecular flexibility index (Phi) is 4.03. The van der Waals surface area contributed by atoms with E-state index in [9.17, 15) is 0 Å². The van der Waals surface area contributed by atoms with Gasteiger partial charge in [0, 0.05) is 16.6 Å². The molecule has 3 nitrogen and oxygen atoms in total. The average Bonchev–Trinajstić information content (AvgIpc) is 2.52. The van der Waals surface area contributed by atoms with Crippen molar-refractivity contribution < 1.29 is 0 Å². The molecule has 17 heavy (non-hydrogen) atoms. The SMILES string of the molecule is CC(C)(C)Np1n(C(C)(C)C)p1NC(C)(C)C. The fourth-order valence-electron chi connectivity index (χ4n) is 1.48. The second kappa shape index (κ2) is 4.46. The van der Waals surface area contributed by atoms with Gasteiger partial charge in [-0.15, -0.1) is 0 Å². The summed E-state index contributed by atoms with van der Waals surface area (Å²) in [4.78, 5) is 0. The zero-order valence-corrected chi connectivity index (χ0v) is 14.6. The van der Waals surface area contributed by atoms with Crippen LogP contribution in [0, 0.1) is 0 Å². The zero-order valence-electron chi connectivity index (χ0n) is 12.8. The van der Waals surface area contributed by atoms with E-state index in [2.05, 4.69) is 76.6 Å². The van der Waals surface area contributed by atoms with Crippen molar-refractivity contribution in [2.75, 3.05) is 10.2 Å². The van der Waals surface area contributed by atoms with Crippen molar-refractivity contribution in [1.29, 1.82) is 0 Å². The average molecular weight is 277 g/mol. The number of nitrogens with one attached hydrogen (secondary N) is 2. The third kappa shape index (κ3) is 4.83. The van der Waals surface area contributed by atoms with E-state index >= 15 is 0 Å². The Bertz CT molecular complexity index is 335. The highest BCUT2D eigenvalue weighted by Crippen LogP contribution is 2.65. The molecule has 0 radical (unpaired) electrons. The summed E-state index contributed by atoms with van der Waals surface area (Å²) in [7, 11) is -0.361. The third-order valence-corrected chi connectivity index (χ3v) is 8.98. The molecule has 1 rings (SSSR count). The lowest BCUT2D eigenvalue weighted by Gasteiger charge is -2.20. The smallest absolute Gasteiger partial charge is 0.0791 e. The molecule has 0 fully saturated rings. The standard InChI is InChI=1S/C12H29N3P2/c1-10(2,3)13-16-15(12(7,8)9)17(16)14-11(4,5)6/h13-14H,1-9H3. The normalized spacial score (nSPS) is 16.8. The lowest BCUT2D eigenvalue weighted by Crippen LogP contribution is -2.24. The predicted octanol–water partition coefficient (Wildman–Crippen LogP) is 4.90. The van der Waals surface area contributed by atoms with Crippen LogP contribution in [-0.4, -0.2) is 15.2 Å². The predicted molar refractivity (Wildman–Crippen MR) is 83.1 cm³/mol. The van der Waals surface area contributed by atoms with Crippen LogP contribution in [0.2, 0.25) is 0 Å². The molecule has 0 aliphatic heterocycles. The molecule has 0 aliphatic rings. The van der Waals surface area contributed by atoms with E-state index in [4.69, 9.17) is 0 Å². The molecule has 1 heterocycles. The van der Waals surface area contributed by atoms with Crippen LogP contribution in [0.1, 0.15) is 62.3 Å². The van der Waals surface area contributed by atoms with Gasteiger partial charge in [-0.1, -0.05) is 0 Å². The van der Waals surface area contributed by atoms with Gasteiger partial charge in [-0.05, 0) is 62.3 Å². The highest BCUT2D eigenvalue weighted by Gasteiger charge is 2.34. The molecule has 0 aromatic carbocycles. The molecule has 0 saturated carbocycles. The van der Waals surface area contributed by atoms with Crippen molar-refractivity contribution in [3.63, 3.8) is 0 Å². The maximum absolute atomic E-state index is 3.78. The molecule has 1 aromatic heterocycles. The van der Waals surface area contributed by atoms with E-state index in [-0.39, 0.29) is 31.7 Å². The first-order valence-electron chi connectivity index (χ1n) is 6.27. The van der Waals surface area contributed by atoms with E-state index in [0.29, 0.717) is 0 Å². The molecule has 0 saturated heterocycles. The van der Waals surface area contributed by atoms with Crippen LogP contribution in [0.15, 0.2) is 0 Å². The molecular formula is C12H29N3P2. The van der Waals surface area contributed by atoms with Crippen molar-refractivity contribution in [2.24, 2.45) is 0 Å². The fraction of sp³-hybridized carbons (Fsp3) is 1.00. The van der Waals surface area contributed by atoms with Gasteiger partial charge in [-0.3, -0.25) is 14.3 Å². The molecule has 2 atom stereocenters. The minimum Gasteiger partial charge on any atom is -0.283 e. The first-order valence-corrected chi connectivity index (χ1v) is 9.57. The molecule has 5 heteroatoms. The van der Waals surface area contributed by atoms with Crippen LogP contribution in [0.4, 0.5) is 0 Å². The lowest BCUT2D eigenvalue weighted by molar-refractivity contribution is 0.460. The van der Waals surface area contributed by atoms with Crippen LogP contribution in [-0.2, 0) is 5.54 Å². The summed E-state index contributed by atoms with van der Waals surface area (Å²) in [6, 6.07) is 0. The second-order valence-corrected chi connectivity index (χ2v) is 12.8. The fourth-order valence-corrected chi connectivity index (χ4v) is 10.2. The monoisotopic (exact) mass is 277 g/mol. The molecule has 1 aromatic rings. The van der Waals surface area contributed by atoms with Gasteiger partial charge in [0.15, 0.2) is 0 Å². The first kappa shape index (κ1) is 15.4. The Morgan fingerprint density at radius 1 is 0.647 bits per heavy atom. The van der Waals surface area contributed by atoms with Crippen LogP contribution in [0.25, 0.3) is 0 Å². The Balaban J connectivity index is 2.90. The van der Waals surface area contributed by atoms with Gasteiger partial charge in [0.1, 0.15) is 0 Å². The summed E-state index contributed by atoms with van der Waals surface area (Å²) in [6.07, 6.45) is 0. The molecular weight excluding hydrogens is 248 g/mol. The molecule has 0 amide bonds. The second-order valence-electron chi connectivity index (χ2n) is 7.76. The van der Waals surface area contributed by atoms with Crippen molar-refractivity contribution in [1.82, 2.24) is 4.09 Å². The van der Waals surface area contributed by atoms with Crippen molar-refractivity contribution >= 4 is 15.0 Å². The lowest BCUT2D eigenvalue weighted by atomic mass is 10.1. The van der Waals surface area contributed by atoms with Crippen LogP contribution < -0.4 is 10.2 Å². The number of hydrogen-bond donors (Lipinski definition) is 2. The molecule has 0 spiro atoms. The van der Waals surface area contributed by atoms with Gasteiger partial charge in [0.2, 0.25) is 0 Å². The number of nitrogens with zero attached hydrogens (tertiary/aromatic N) is 1. The highest BCUT2D eigenvalue weighted by atomic mass is 31.9. The van der Waals surface area contributed by atoms with Gasteiger partial charge in [0.05, 0.1) is 15.0 Å². The molecule has 0 aliphatic carbocycles. The Hall–Kier alpha value is 0.320. The minimum atomic E-state index is -0.181. The topological polar surface area (TPSA) is 29.0 Å². The third-order valence-electron chi connectivity index (χ3n) is 1.98. The molecule has 102 valence electrons. The zero-order chi connectivity index (χ0) is 13.6. The summed E-state index contributed by atoms with van der Waals surface area (Å²) >= 11 is 0. The summed E-state index contributed by atoms with van der Waals surface area (Å²) in [5.41, 5.74) is 0.658. The van der Waals surface area contributed by atoms with Crippen molar-refractivity contribution in [3.8, 4) is 0 Å². The van der Waals surface area contributed by atoms with Gasteiger partial charge in [0.25, 0.3) is 0 Å². The Labute approximate surface area is 109 Å². The number of aromatic nitrogens is 1. The summed E-state index contributed by atoms with van der Waals surface area (Å²) < 4.78 is 2.63. The van der Waals surface area contributed by atoms with Crippen LogP contribution in [0.3, 0.4) is 0 Å². The van der Waals surface area contributed by atoms with Crippen molar-refractivity contribution in [3.05, 3.63) is 0 Å². The maximum atomic E-state index is 3.78. The van der Waals surface area contributed by atoms with Gasteiger partial charge in [-0.25, -0.2) is 0 Å². The largest absolute Gasteiger partial charge is 0.283 e. The summed E-state index contributed by atoms with van der Waals surface area (Å²) in [6.45, 7) is 20.4. The number of hydrogen-bond acceptors (Lipinski definition) is 2. The first-order chi connectivity index (χ1) is 7.31. The summed E-state index contributed by atoms with van der Waals surface area (Å²) in [5, 5.41) is 7.56. The number of rotatable bonds is 2. The van der Waals surface area contributed by atoms with E-state index < -0.39 is 0 Å². The molecule has 0 bridgehead atoms. The van der Waals surface area contributed by atoms with E-state index in [1.165, 1.54) is 0 Å². The maximum Gasteiger partial charge on any atom is 0.0791 e. The quantitative estimate of drug-likeness (QED) is 0.805. The van der Waals surface area contributed by atoms with Gasteiger partial charge in [-0.2, -0.15) is 0 Å². The van der Waals surface area contributed by atoms with Crippen LogP contribution >= 0.6 is 15.0 Å². The van der Waals surface area contributed by atoms with E-state index in [1.807, 2.05) is 0 Å². The summed E-state index contributed by atoms with van der Waals surface area (Å²) in [5.74, 6) is 0. The van der Waals surface area contributed by atoms with Gasteiger partial charge >= 0.3 is 0 Å². The Morgan fingerprint density at radius 3 is 1.12 bits per heavy atom. The van der Waals surface area contributed by atoms with Crippen molar-refractivity contribution in [2.45, 2.75) is 78.9 Å². The van der Waals surface area contributed by atoms with E-state index in [1.54, 1.807) is 0 Å². The van der Waals surface area contributed by atoms with E-state index in [0.717, 1.165) is 0 Å². The molecule has 2 unspecified atom stereocenters. The Morgan fingerprint density at radius 2 is 0.941 bits per heavy atom. The van der Waals surface area contributed by atoms with Gasteiger partial charge < -0.3 is 0 Å². The molecule has 2 N–H and O–H groups in total.